The molecule has 5 heteroatoms. The van der Waals surface area contributed by atoms with Gasteiger partial charge < -0.3 is 9.47 Å². The zero-order valence-electron chi connectivity index (χ0n) is 16.3. The van der Waals surface area contributed by atoms with Crippen LogP contribution in [0, 0.1) is 0 Å². The summed E-state index contributed by atoms with van der Waals surface area (Å²) in [4.78, 5) is 25.4. The van der Waals surface area contributed by atoms with Crippen molar-refractivity contribution in [2.45, 2.75) is 19.4 Å². The molecule has 146 valence electrons. The lowest BCUT2D eigenvalue weighted by molar-refractivity contribution is 0.0602. The first-order valence-electron chi connectivity index (χ1n) is 9.50. The van der Waals surface area contributed by atoms with Gasteiger partial charge in [-0.25, -0.2) is 4.79 Å². The molecule has 3 aromatic carbocycles. The lowest BCUT2D eigenvalue weighted by Gasteiger charge is -2.18. The molecule has 1 atom stereocenters. The smallest absolute Gasteiger partial charge is 0.340 e. The van der Waals surface area contributed by atoms with E-state index in [1.807, 2.05) is 67.6 Å². The summed E-state index contributed by atoms with van der Waals surface area (Å²) in [6.07, 6.45) is 1.34. The molecule has 0 saturated heterocycles. The number of para-hydroxylation sites is 1. The van der Waals surface area contributed by atoms with Crippen LogP contribution in [0.2, 0.25) is 0 Å². The molecule has 0 saturated carbocycles. The number of benzene rings is 3. The number of methoxy groups -OCH3 is 1. The maximum absolute atomic E-state index is 13.3. The van der Waals surface area contributed by atoms with Crippen molar-refractivity contribution in [3.8, 4) is 5.75 Å². The summed E-state index contributed by atoms with van der Waals surface area (Å²) in [5.41, 5.74) is 1.01. The van der Waals surface area contributed by atoms with E-state index in [1.165, 1.54) is 17.9 Å². The Morgan fingerprint density at radius 2 is 1.69 bits per heavy atom. The second-order valence-corrected chi connectivity index (χ2v) is 6.78. The molecular formula is C24H21NO4. The number of hydrogen-bond acceptors (Lipinski definition) is 4. The largest absolute Gasteiger partial charge is 0.481 e. The first kappa shape index (κ1) is 18.7. The maximum Gasteiger partial charge on any atom is 0.340 e. The Kier molecular flexibility index (Phi) is 5.04. The van der Waals surface area contributed by atoms with Crippen LogP contribution in [-0.2, 0) is 4.74 Å². The summed E-state index contributed by atoms with van der Waals surface area (Å²) >= 11 is 0. The van der Waals surface area contributed by atoms with E-state index in [9.17, 15) is 9.59 Å². The maximum atomic E-state index is 13.3. The van der Waals surface area contributed by atoms with Gasteiger partial charge in [0.25, 0.3) is 5.91 Å². The highest BCUT2D eigenvalue weighted by Crippen LogP contribution is 2.25. The van der Waals surface area contributed by atoms with E-state index in [0.29, 0.717) is 28.6 Å². The van der Waals surface area contributed by atoms with Crippen molar-refractivity contribution >= 4 is 33.6 Å². The van der Waals surface area contributed by atoms with Gasteiger partial charge in [0.2, 0.25) is 0 Å². The van der Waals surface area contributed by atoms with Crippen LogP contribution in [0.4, 0.5) is 0 Å². The number of fused-ring (bicyclic) bond motifs is 2. The Bertz CT molecular complexity index is 1210. The van der Waals surface area contributed by atoms with Crippen LogP contribution in [0.25, 0.3) is 21.7 Å². The van der Waals surface area contributed by atoms with E-state index < -0.39 is 12.1 Å². The molecule has 1 aromatic heterocycles. The number of hydrogen-bond donors (Lipinski definition) is 0. The lowest BCUT2D eigenvalue weighted by Crippen LogP contribution is -2.31. The molecule has 1 unspecified atom stereocenters. The molecule has 0 spiro atoms. The third-order valence-corrected chi connectivity index (χ3v) is 5.00. The first-order valence-corrected chi connectivity index (χ1v) is 9.50. The molecular weight excluding hydrogens is 366 g/mol. The monoisotopic (exact) mass is 387 g/mol. The fraction of sp³-hybridized carbons (Fsp3) is 0.167. The van der Waals surface area contributed by atoms with Gasteiger partial charge in [-0.1, -0.05) is 55.5 Å². The van der Waals surface area contributed by atoms with Gasteiger partial charge in [-0.3, -0.25) is 9.36 Å². The minimum absolute atomic E-state index is 0.230. The fourth-order valence-electron chi connectivity index (χ4n) is 3.50. The Morgan fingerprint density at radius 1 is 0.966 bits per heavy atom. The Hall–Kier alpha value is -3.60. The van der Waals surface area contributed by atoms with Gasteiger partial charge in [-0.15, -0.1) is 0 Å². The predicted octanol–water partition coefficient (Wildman–Crippen LogP) is 5.08. The molecule has 4 aromatic rings. The van der Waals surface area contributed by atoms with Crippen molar-refractivity contribution in [2.75, 3.05) is 7.11 Å². The van der Waals surface area contributed by atoms with Crippen molar-refractivity contribution in [3.63, 3.8) is 0 Å². The van der Waals surface area contributed by atoms with Crippen LogP contribution in [0.15, 0.2) is 72.9 Å². The third kappa shape index (κ3) is 3.47. The van der Waals surface area contributed by atoms with Gasteiger partial charge in [0, 0.05) is 11.6 Å². The van der Waals surface area contributed by atoms with Crippen LogP contribution < -0.4 is 4.74 Å². The number of esters is 1. The van der Waals surface area contributed by atoms with Gasteiger partial charge >= 0.3 is 5.97 Å². The Morgan fingerprint density at radius 3 is 2.45 bits per heavy atom. The molecule has 29 heavy (non-hydrogen) atoms. The summed E-state index contributed by atoms with van der Waals surface area (Å²) in [6, 6.07) is 21.0. The second-order valence-electron chi connectivity index (χ2n) is 6.78. The average molecular weight is 387 g/mol. The summed E-state index contributed by atoms with van der Waals surface area (Å²) in [7, 11) is 1.33. The molecule has 0 N–H and O–H groups in total. The number of aromatic nitrogens is 1. The summed E-state index contributed by atoms with van der Waals surface area (Å²) in [5.74, 6) is -0.0724. The highest BCUT2D eigenvalue weighted by Gasteiger charge is 2.25. The topological polar surface area (TPSA) is 57.5 Å². The van der Waals surface area contributed by atoms with Crippen molar-refractivity contribution in [1.29, 1.82) is 0 Å². The zero-order chi connectivity index (χ0) is 20.4. The van der Waals surface area contributed by atoms with Crippen molar-refractivity contribution in [2.24, 2.45) is 0 Å². The van der Waals surface area contributed by atoms with Gasteiger partial charge in [0.05, 0.1) is 18.2 Å². The number of carbonyl (C=O) groups is 2. The van der Waals surface area contributed by atoms with Gasteiger partial charge in [-0.05, 0) is 35.4 Å². The highest BCUT2D eigenvalue weighted by molar-refractivity contribution is 6.07. The molecule has 5 nitrogen and oxygen atoms in total. The molecule has 0 radical (unpaired) electrons. The van der Waals surface area contributed by atoms with Crippen LogP contribution in [0.3, 0.4) is 0 Å². The SMILES string of the molecule is CCC(Oc1ccc2ccccc2c1)C(=O)n1cc(C(=O)OC)c2ccccc21. The van der Waals surface area contributed by atoms with Crippen molar-refractivity contribution in [1.82, 2.24) is 4.57 Å². The molecule has 0 aliphatic rings. The molecule has 0 amide bonds. The number of nitrogens with zero attached hydrogens (tertiary/aromatic N) is 1. The summed E-state index contributed by atoms with van der Waals surface area (Å²) < 4.78 is 12.4. The minimum Gasteiger partial charge on any atom is -0.481 e. The second kappa shape index (κ2) is 7.80. The molecule has 4 rings (SSSR count). The Balaban J connectivity index is 1.69. The lowest BCUT2D eigenvalue weighted by atomic mass is 10.1. The quantitative estimate of drug-likeness (QED) is 0.448. The molecule has 0 bridgehead atoms. The zero-order valence-corrected chi connectivity index (χ0v) is 16.3. The van der Waals surface area contributed by atoms with Crippen LogP contribution in [0.1, 0.15) is 28.5 Å². The van der Waals surface area contributed by atoms with E-state index >= 15 is 0 Å². The average Bonchev–Trinajstić information content (AvgIpc) is 3.16. The third-order valence-electron chi connectivity index (χ3n) is 5.00. The molecule has 0 aliphatic carbocycles. The predicted molar refractivity (Wildman–Crippen MR) is 113 cm³/mol. The van der Waals surface area contributed by atoms with Crippen LogP contribution in [0.5, 0.6) is 5.75 Å². The number of carbonyl (C=O) groups excluding carboxylic acids is 2. The molecule has 0 fully saturated rings. The number of ether oxygens (including phenoxy) is 2. The van der Waals surface area contributed by atoms with Crippen molar-refractivity contribution < 1.29 is 19.1 Å². The van der Waals surface area contributed by atoms with Crippen LogP contribution in [-0.4, -0.2) is 29.7 Å². The standard InChI is InChI=1S/C24H21NO4/c1-3-22(29-18-13-12-16-8-4-5-9-17(16)14-18)23(26)25-15-20(24(27)28-2)19-10-6-7-11-21(19)25/h4-15,22H,3H2,1-2H3. The van der Waals surface area contributed by atoms with E-state index in [2.05, 4.69) is 0 Å². The molecule has 0 aliphatic heterocycles. The molecule has 1 heterocycles. The number of rotatable bonds is 5. The summed E-state index contributed by atoms with van der Waals surface area (Å²) in [5, 5.41) is 2.83. The Labute approximate surface area is 168 Å². The van der Waals surface area contributed by atoms with E-state index in [1.54, 1.807) is 6.07 Å². The van der Waals surface area contributed by atoms with Gasteiger partial charge in [0.1, 0.15) is 5.75 Å². The first-order chi connectivity index (χ1) is 14.1. The minimum atomic E-state index is -0.683. The van der Waals surface area contributed by atoms with Crippen molar-refractivity contribution in [3.05, 3.63) is 78.5 Å². The highest BCUT2D eigenvalue weighted by atomic mass is 16.5. The van der Waals surface area contributed by atoms with Gasteiger partial charge in [0.15, 0.2) is 6.10 Å². The fourth-order valence-corrected chi connectivity index (χ4v) is 3.50. The van der Waals surface area contributed by atoms with E-state index in [4.69, 9.17) is 9.47 Å². The normalized spacial score (nSPS) is 12.1. The van der Waals surface area contributed by atoms with E-state index in [-0.39, 0.29) is 5.91 Å². The van der Waals surface area contributed by atoms with Crippen LogP contribution >= 0.6 is 0 Å². The summed E-state index contributed by atoms with van der Waals surface area (Å²) in [6.45, 7) is 1.90. The van der Waals surface area contributed by atoms with Gasteiger partial charge in [-0.2, -0.15) is 0 Å². The van der Waals surface area contributed by atoms with E-state index in [0.717, 1.165) is 10.8 Å².